The molecule has 6 aromatic carbocycles. The van der Waals surface area contributed by atoms with Gasteiger partial charge in [-0.25, -0.2) is 4.98 Å². The molecule has 0 bridgehead atoms. The normalized spacial score (nSPS) is 11.9. The highest BCUT2D eigenvalue weighted by Crippen LogP contribution is 2.42. The molecule has 4 aromatic heterocycles. The van der Waals surface area contributed by atoms with Crippen molar-refractivity contribution >= 4 is 59.9 Å². The first-order valence-electron chi connectivity index (χ1n) is 15.7. The van der Waals surface area contributed by atoms with Crippen molar-refractivity contribution in [2.45, 2.75) is 0 Å². The van der Waals surface area contributed by atoms with Crippen molar-refractivity contribution in [1.82, 2.24) is 14.0 Å². The van der Waals surface area contributed by atoms with E-state index in [1.165, 1.54) is 54.4 Å². The zero-order chi connectivity index (χ0) is 30.2. The summed E-state index contributed by atoms with van der Waals surface area (Å²) in [6.07, 6.45) is 0. The summed E-state index contributed by atoms with van der Waals surface area (Å²) in [6, 6.07) is 58.8. The minimum Gasteiger partial charge on any atom is -0.307 e. The van der Waals surface area contributed by atoms with Crippen LogP contribution < -0.4 is 0 Å². The van der Waals surface area contributed by atoms with E-state index in [0.29, 0.717) is 0 Å². The smallest absolute Gasteiger partial charge is 0.138 e. The molecule has 0 amide bonds. The highest BCUT2D eigenvalue weighted by atomic mass is 15.1. The van der Waals surface area contributed by atoms with Gasteiger partial charge in [0, 0.05) is 32.5 Å². The summed E-state index contributed by atoms with van der Waals surface area (Å²) in [5, 5.41) is 7.39. The Bertz CT molecular complexity index is 2730. The molecule has 0 saturated heterocycles. The predicted molar refractivity (Wildman–Crippen MR) is 193 cm³/mol. The Morgan fingerprint density at radius 3 is 1.72 bits per heavy atom. The number of fused-ring (bicyclic) bond motifs is 12. The number of pyridine rings is 2. The van der Waals surface area contributed by atoms with Gasteiger partial charge in [0.25, 0.3) is 0 Å². The molecule has 10 aromatic rings. The Morgan fingerprint density at radius 1 is 0.370 bits per heavy atom. The second-order valence-corrected chi connectivity index (χ2v) is 12.0. The van der Waals surface area contributed by atoms with E-state index >= 15 is 0 Å². The van der Waals surface area contributed by atoms with Crippen LogP contribution in [-0.2, 0) is 0 Å². The Morgan fingerprint density at radius 2 is 0.957 bits per heavy atom. The molecule has 0 aliphatic rings. The lowest BCUT2D eigenvalue weighted by molar-refractivity contribution is 1.08. The van der Waals surface area contributed by atoms with Gasteiger partial charge in [0.05, 0.1) is 33.3 Å². The van der Waals surface area contributed by atoms with Crippen molar-refractivity contribution in [2.75, 3.05) is 0 Å². The fraction of sp³-hybridized carbons (Fsp3) is 0. The van der Waals surface area contributed by atoms with E-state index in [9.17, 15) is 0 Å². The zero-order valence-electron chi connectivity index (χ0n) is 24.9. The van der Waals surface area contributed by atoms with Crippen molar-refractivity contribution < 1.29 is 0 Å². The lowest BCUT2D eigenvalue weighted by Crippen LogP contribution is -2.02. The fourth-order valence-corrected chi connectivity index (χ4v) is 7.44. The monoisotopic (exact) mass is 585 g/mol. The van der Waals surface area contributed by atoms with Crippen LogP contribution in [0.25, 0.3) is 88.1 Å². The number of hydrogen-bond donors (Lipinski definition) is 0. The first-order chi connectivity index (χ1) is 22.8. The maximum absolute atomic E-state index is 5.42. The highest BCUT2D eigenvalue weighted by molar-refractivity contribution is 6.25. The third-order valence-electron chi connectivity index (χ3n) is 9.46. The number of para-hydroxylation sites is 2. The van der Waals surface area contributed by atoms with E-state index in [2.05, 4.69) is 173 Å². The maximum Gasteiger partial charge on any atom is 0.138 e. The van der Waals surface area contributed by atoms with Crippen LogP contribution in [-0.4, -0.2) is 14.0 Å². The van der Waals surface area contributed by atoms with Gasteiger partial charge in [-0.3, -0.25) is 4.57 Å². The summed E-state index contributed by atoms with van der Waals surface area (Å²) in [7, 11) is 0. The van der Waals surface area contributed by atoms with Crippen molar-refractivity contribution in [3.05, 3.63) is 164 Å². The average molecular weight is 586 g/mol. The second-order valence-electron chi connectivity index (χ2n) is 12.0. The molecule has 0 radical (unpaired) electrons. The van der Waals surface area contributed by atoms with Crippen LogP contribution in [0, 0.1) is 0 Å². The number of nitrogens with zero attached hydrogens (tertiary/aromatic N) is 3. The molecule has 3 heteroatoms. The molecule has 0 aliphatic carbocycles. The van der Waals surface area contributed by atoms with E-state index in [4.69, 9.17) is 4.98 Å². The van der Waals surface area contributed by atoms with Crippen LogP contribution in [0.5, 0.6) is 0 Å². The first-order valence-corrected chi connectivity index (χ1v) is 15.7. The Kier molecular flexibility index (Phi) is 5.28. The molecule has 3 nitrogen and oxygen atoms in total. The van der Waals surface area contributed by atoms with Gasteiger partial charge in [-0.2, -0.15) is 0 Å². The zero-order valence-corrected chi connectivity index (χ0v) is 24.9. The standard InChI is InChI=1S/C43H27N3/c1-3-13-28(14-4-1)31-25-37(29-15-5-2-6-16-29)44-41(27-31)46-39-22-12-10-20-34(39)36-24-23-35-32-18-8-9-19-33(32)40-26-30-17-7-11-21-38(30)45(40)42(35)43(36)46/h1-27H. The van der Waals surface area contributed by atoms with Gasteiger partial charge in [0.2, 0.25) is 0 Å². The van der Waals surface area contributed by atoms with E-state index < -0.39 is 0 Å². The fourth-order valence-electron chi connectivity index (χ4n) is 7.44. The van der Waals surface area contributed by atoms with Gasteiger partial charge in [0.15, 0.2) is 0 Å². The van der Waals surface area contributed by atoms with Crippen LogP contribution in [0.3, 0.4) is 0 Å². The van der Waals surface area contributed by atoms with Gasteiger partial charge in [-0.1, -0.05) is 133 Å². The maximum atomic E-state index is 5.42. The minimum atomic E-state index is 0.900. The third-order valence-corrected chi connectivity index (χ3v) is 9.46. The van der Waals surface area contributed by atoms with E-state index in [1.54, 1.807) is 0 Å². The van der Waals surface area contributed by atoms with Crippen molar-refractivity contribution in [2.24, 2.45) is 0 Å². The molecule has 46 heavy (non-hydrogen) atoms. The Hall–Kier alpha value is -6.19. The van der Waals surface area contributed by atoms with Gasteiger partial charge in [0.1, 0.15) is 5.82 Å². The molecule has 0 unspecified atom stereocenters. The van der Waals surface area contributed by atoms with Crippen LogP contribution in [0.2, 0.25) is 0 Å². The topological polar surface area (TPSA) is 22.2 Å². The molecule has 214 valence electrons. The molecular formula is C43H27N3. The summed E-state index contributed by atoms with van der Waals surface area (Å²) in [5.74, 6) is 0.900. The summed E-state index contributed by atoms with van der Waals surface area (Å²) in [5.41, 5.74) is 10.3. The summed E-state index contributed by atoms with van der Waals surface area (Å²) in [6.45, 7) is 0. The van der Waals surface area contributed by atoms with Crippen molar-refractivity contribution in [3.63, 3.8) is 0 Å². The third kappa shape index (κ3) is 3.57. The average Bonchev–Trinajstić information content (AvgIpc) is 3.69. The highest BCUT2D eigenvalue weighted by Gasteiger charge is 2.21. The van der Waals surface area contributed by atoms with Gasteiger partial charge in [-0.05, 0) is 46.8 Å². The molecule has 0 aliphatic heterocycles. The molecule has 0 spiro atoms. The first kappa shape index (κ1) is 25.2. The van der Waals surface area contributed by atoms with E-state index in [0.717, 1.165) is 33.7 Å². The largest absolute Gasteiger partial charge is 0.307 e. The summed E-state index contributed by atoms with van der Waals surface area (Å²) in [4.78, 5) is 5.42. The minimum absolute atomic E-state index is 0.900. The lowest BCUT2D eigenvalue weighted by atomic mass is 10.0. The Labute approximate surface area is 265 Å². The molecule has 0 fully saturated rings. The predicted octanol–water partition coefficient (Wildman–Crippen LogP) is 11.2. The Balaban J connectivity index is 1.44. The molecule has 0 atom stereocenters. The van der Waals surface area contributed by atoms with Crippen LogP contribution in [0.15, 0.2) is 164 Å². The quantitative estimate of drug-likeness (QED) is 0.189. The van der Waals surface area contributed by atoms with Crippen LogP contribution in [0.4, 0.5) is 0 Å². The van der Waals surface area contributed by atoms with Gasteiger partial charge in [-0.15, -0.1) is 0 Å². The number of aromatic nitrogens is 3. The van der Waals surface area contributed by atoms with Gasteiger partial charge < -0.3 is 4.40 Å². The van der Waals surface area contributed by atoms with E-state index in [-0.39, 0.29) is 0 Å². The van der Waals surface area contributed by atoms with Crippen LogP contribution >= 0.6 is 0 Å². The number of hydrogen-bond acceptors (Lipinski definition) is 1. The van der Waals surface area contributed by atoms with Gasteiger partial charge >= 0.3 is 0 Å². The summed E-state index contributed by atoms with van der Waals surface area (Å²) < 4.78 is 4.87. The van der Waals surface area contributed by atoms with E-state index in [1.807, 2.05) is 0 Å². The lowest BCUT2D eigenvalue weighted by Gasteiger charge is -2.16. The molecule has 10 rings (SSSR count). The van der Waals surface area contributed by atoms with Crippen molar-refractivity contribution in [1.29, 1.82) is 0 Å². The summed E-state index contributed by atoms with van der Waals surface area (Å²) >= 11 is 0. The van der Waals surface area contributed by atoms with Crippen molar-refractivity contribution in [3.8, 4) is 28.2 Å². The number of rotatable bonds is 3. The molecule has 4 heterocycles. The van der Waals surface area contributed by atoms with Crippen LogP contribution in [0.1, 0.15) is 0 Å². The molecule has 0 saturated carbocycles. The SMILES string of the molecule is c1ccc(-c2cc(-c3ccccc3)nc(-n3c4ccccc4c4ccc5c6ccccc6c6cc7ccccc7n6c5c43)c2)cc1. The number of benzene rings is 6. The second kappa shape index (κ2) is 9.65. The molecule has 0 N–H and O–H groups in total. The molecular weight excluding hydrogens is 558 g/mol.